The maximum Gasteiger partial charge on any atom is 0.251 e. The van der Waals surface area contributed by atoms with Gasteiger partial charge in [0.1, 0.15) is 0 Å². The molecule has 1 aromatic carbocycles. The van der Waals surface area contributed by atoms with Crippen LogP contribution in [0.5, 0.6) is 0 Å². The highest BCUT2D eigenvalue weighted by Crippen LogP contribution is 2.25. The zero-order valence-electron chi connectivity index (χ0n) is 11.7. The van der Waals surface area contributed by atoms with Crippen molar-refractivity contribution in [3.05, 3.63) is 35.4 Å². The number of nitrogens with one attached hydrogen (secondary N) is 1. The lowest BCUT2D eigenvalue weighted by atomic mass is 9.87. The van der Waals surface area contributed by atoms with Gasteiger partial charge in [0.15, 0.2) is 0 Å². The minimum atomic E-state index is -0.512. The van der Waals surface area contributed by atoms with Crippen LogP contribution in [-0.4, -0.2) is 18.4 Å². The zero-order chi connectivity index (χ0) is 14.4. The number of carbonyl (C=O) groups is 2. The van der Waals surface area contributed by atoms with Crippen LogP contribution >= 0.6 is 0 Å². The van der Waals surface area contributed by atoms with Crippen LogP contribution in [-0.2, 0) is 0 Å². The van der Waals surface area contributed by atoms with Crippen molar-refractivity contribution in [3.63, 3.8) is 0 Å². The molecule has 4 heteroatoms. The van der Waals surface area contributed by atoms with E-state index in [1.165, 1.54) is 38.2 Å². The molecule has 1 saturated carbocycles. The summed E-state index contributed by atoms with van der Waals surface area (Å²) in [5.41, 5.74) is 6.07. The second-order valence-electron chi connectivity index (χ2n) is 5.49. The SMILES string of the molecule is NC(=O)c1cccc(C(=O)NCCC2CCCCC2)c1. The third-order valence-corrected chi connectivity index (χ3v) is 3.97. The molecule has 0 atom stereocenters. The lowest BCUT2D eigenvalue weighted by molar-refractivity contribution is 0.0950. The van der Waals surface area contributed by atoms with Crippen molar-refractivity contribution >= 4 is 11.8 Å². The van der Waals surface area contributed by atoms with E-state index < -0.39 is 5.91 Å². The minimum Gasteiger partial charge on any atom is -0.366 e. The Morgan fingerprint density at radius 1 is 1.15 bits per heavy atom. The topological polar surface area (TPSA) is 72.2 Å². The molecular formula is C16H22N2O2. The summed E-state index contributed by atoms with van der Waals surface area (Å²) in [6, 6.07) is 6.53. The molecule has 1 aliphatic carbocycles. The second kappa shape index (κ2) is 7.08. The van der Waals surface area contributed by atoms with Crippen molar-refractivity contribution in [2.45, 2.75) is 38.5 Å². The summed E-state index contributed by atoms with van der Waals surface area (Å²) in [6.07, 6.45) is 7.60. The Bertz CT molecular complexity index is 479. The first-order valence-corrected chi connectivity index (χ1v) is 7.35. The number of hydrogen-bond acceptors (Lipinski definition) is 2. The molecule has 1 aliphatic rings. The van der Waals surface area contributed by atoms with Gasteiger partial charge >= 0.3 is 0 Å². The molecule has 0 unspecified atom stereocenters. The molecule has 4 nitrogen and oxygen atoms in total. The van der Waals surface area contributed by atoms with Gasteiger partial charge in [-0.3, -0.25) is 9.59 Å². The molecule has 108 valence electrons. The van der Waals surface area contributed by atoms with Crippen LogP contribution in [0.2, 0.25) is 0 Å². The van der Waals surface area contributed by atoms with Crippen molar-refractivity contribution in [2.24, 2.45) is 11.7 Å². The van der Waals surface area contributed by atoms with E-state index in [0.29, 0.717) is 17.7 Å². The second-order valence-corrected chi connectivity index (χ2v) is 5.49. The van der Waals surface area contributed by atoms with Crippen molar-refractivity contribution in [3.8, 4) is 0 Å². The number of primary amides is 1. The summed E-state index contributed by atoms with van der Waals surface area (Å²) in [4.78, 5) is 23.1. The summed E-state index contributed by atoms with van der Waals surface area (Å²) in [7, 11) is 0. The van der Waals surface area contributed by atoms with Crippen LogP contribution in [0.4, 0.5) is 0 Å². The van der Waals surface area contributed by atoms with Crippen LogP contribution < -0.4 is 11.1 Å². The number of amides is 2. The maximum atomic E-state index is 12.0. The Hall–Kier alpha value is -1.84. The largest absolute Gasteiger partial charge is 0.366 e. The molecule has 3 N–H and O–H groups in total. The fourth-order valence-corrected chi connectivity index (χ4v) is 2.78. The van der Waals surface area contributed by atoms with Crippen LogP contribution in [0, 0.1) is 5.92 Å². The summed E-state index contributed by atoms with van der Waals surface area (Å²) in [5.74, 6) is 0.103. The van der Waals surface area contributed by atoms with Gasteiger partial charge in [-0.25, -0.2) is 0 Å². The fraction of sp³-hybridized carbons (Fsp3) is 0.500. The van der Waals surface area contributed by atoms with Crippen molar-refractivity contribution < 1.29 is 9.59 Å². The monoisotopic (exact) mass is 274 g/mol. The van der Waals surface area contributed by atoms with Gasteiger partial charge in [-0.05, 0) is 30.5 Å². The fourth-order valence-electron chi connectivity index (χ4n) is 2.78. The Morgan fingerprint density at radius 3 is 2.55 bits per heavy atom. The zero-order valence-corrected chi connectivity index (χ0v) is 11.7. The van der Waals surface area contributed by atoms with Gasteiger partial charge in [-0.15, -0.1) is 0 Å². The summed E-state index contributed by atoms with van der Waals surface area (Å²) >= 11 is 0. The van der Waals surface area contributed by atoms with Gasteiger partial charge in [0, 0.05) is 17.7 Å². The van der Waals surface area contributed by atoms with Crippen LogP contribution in [0.15, 0.2) is 24.3 Å². The van der Waals surface area contributed by atoms with E-state index in [1.54, 1.807) is 18.2 Å². The van der Waals surface area contributed by atoms with Gasteiger partial charge < -0.3 is 11.1 Å². The smallest absolute Gasteiger partial charge is 0.251 e. The standard InChI is InChI=1S/C16H22N2O2/c17-15(19)13-7-4-8-14(11-13)16(20)18-10-9-12-5-2-1-3-6-12/h4,7-8,11-12H,1-3,5-6,9-10H2,(H2,17,19)(H,18,20). The number of rotatable bonds is 5. The Balaban J connectivity index is 1.82. The molecule has 0 saturated heterocycles. The summed E-state index contributed by atoms with van der Waals surface area (Å²) in [6.45, 7) is 0.699. The molecule has 0 aliphatic heterocycles. The average molecular weight is 274 g/mol. The van der Waals surface area contributed by atoms with Gasteiger partial charge in [0.25, 0.3) is 5.91 Å². The molecule has 1 aromatic rings. The minimum absolute atomic E-state index is 0.135. The molecule has 0 spiro atoms. The van der Waals surface area contributed by atoms with Crippen molar-refractivity contribution in [1.29, 1.82) is 0 Å². The quantitative estimate of drug-likeness (QED) is 0.865. The van der Waals surface area contributed by atoms with E-state index in [1.807, 2.05) is 0 Å². The van der Waals surface area contributed by atoms with Gasteiger partial charge in [0.2, 0.25) is 5.91 Å². The van der Waals surface area contributed by atoms with E-state index in [9.17, 15) is 9.59 Å². The molecular weight excluding hydrogens is 252 g/mol. The van der Waals surface area contributed by atoms with Crippen LogP contribution in [0.25, 0.3) is 0 Å². The van der Waals surface area contributed by atoms with E-state index >= 15 is 0 Å². The van der Waals surface area contributed by atoms with Crippen molar-refractivity contribution in [1.82, 2.24) is 5.32 Å². The molecule has 2 amide bonds. The molecule has 0 aromatic heterocycles. The normalized spacial score (nSPS) is 15.8. The number of benzene rings is 1. The van der Waals surface area contributed by atoms with Crippen LogP contribution in [0.3, 0.4) is 0 Å². The van der Waals surface area contributed by atoms with Gasteiger partial charge in [-0.2, -0.15) is 0 Å². The molecule has 1 fully saturated rings. The number of hydrogen-bond donors (Lipinski definition) is 2. The Labute approximate surface area is 119 Å². The number of carbonyl (C=O) groups excluding carboxylic acids is 2. The highest BCUT2D eigenvalue weighted by molar-refractivity contribution is 5.99. The van der Waals surface area contributed by atoms with E-state index in [4.69, 9.17) is 5.73 Å². The maximum absolute atomic E-state index is 12.0. The van der Waals surface area contributed by atoms with Gasteiger partial charge in [0.05, 0.1) is 0 Å². The van der Waals surface area contributed by atoms with Gasteiger partial charge in [-0.1, -0.05) is 38.2 Å². The summed E-state index contributed by atoms with van der Waals surface area (Å²) < 4.78 is 0. The molecule has 0 bridgehead atoms. The molecule has 2 rings (SSSR count). The number of nitrogens with two attached hydrogens (primary N) is 1. The molecule has 20 heavy (non-hydrogen) atoms. The third-order valence-electron chi connectivity index (χ3n) is 3.97. The lowest BCUT2D eigenvalue weighted by Gasteiger charge is -2.21. The third kappa shape index (κ3) is 4.08. The first-order valence-electron chi connectivity index (χ1n) is 7.35. The van der Waals surface area contributed by atoms with E-state index in [-0.39, 0.29) is 5.91 Å². The summed E-state index contributed by atoms with van der Waals surface area (Å²) in [5, 5.41) is 2.92. The predicted octanol–water partition coefficient (Wildman–Crippen LogP) is 2.49. The van der Waals surface area contributed by atoms with Crippen molar-refractivity contribution in [2.75, 3.05) is 6.54 Å². The van der Waals surface area contributed by atoms with E-state index in [0.717, 1.165) is 12.3 Å². The predicted molar refractivity (Wildman–Crippen MR) is 78.5 cm³/mol. The van der Waals surface area contributed by atoms with E-state index in [2.05, 4.69) is 5.32 Å². The first kappa shape index (κ1) is 14.6. The highest BCUT2D eigenvalue weighted by Gasteiger charge is 2.14. The highest BCUT2D eigenvalue weighted by atomic mass is 16.2. The Kier molecular flexibility index (Phi) is 5.16. The van der Waals surface area contributed by atoms with Crippen LogP contribution in [0.1, 0.15) is 59.2 Å². The Morgan fingerprint density at radius 2 is 1.85 bits per heavy atom. The molecule has 0 heterocycles. The first-order chi connectivity index (χ1) is 9.66. The lowest BCUT2D eigenvalue weighted by Crippen LogP contribution is -2.26. The molecule has 0 radical (unpaired) electrons. The average Bonchev–Trinajstić information content (AvgIpc) is 2.48.